The molecule has 11 atom stereocenters. The first kappa shape index (κ1) is 29.7. The van der Waals surface area contributed by atoms with Gasteiger partial charge in [0.1, 0.15) is 36.6 Å². The molecule has 1 aromatic heterocycles. The maximum Gasteiger partial charge on any atom is 0.483 e. The van der Waals surface area contributed by atoms with E-state index in [1.54, 1.807) is 0 Å². The fraction of sp³-hybridized carbons (Fsp3) is 0.667. The summed E-state index contributed by atoms with van der Waals surface area (Å²) in [7, 11) is -11.2. The lowest BCUT2D eigenvalue weighted by molar-refractivity contribution is -0.269. The Morgan fingerprint density at radius 1 is 1.00 bits per heavy atom. The maximum absolute atomic E-state index is 12.2. The van der Waals surface area contributed by atoms with Crippen LogP contribution >= 0.6 is 15.6 Å². The zero-order valence-electron chi connectivity index (χ0n) is 18.2. The molecule has 22 heteroatoms. The second-order valence-corrected chi connectivity index (χ2v) is 10.8. The molecule has 1 aromatic rings. The number of phosphoric ester groups is 2. The van der Waals surface area contributed by atoms with Gasteiger partial charge in [-0.25, -0.2) is 13.9 Å². The third kappa shape index (κ3) is 6.77. The Balaban J connectivity index is 1.63. The van der Waals surface area contributed by atoms with E-state index in [9.17, 15) is 58.8 Å². The number of rotatable bonds is 9. The molecular weight excluding hydrogens is 556 g/mol. The van der Waals surface area contributed by atoms with E-state index >= 15 is 0 Å². The van der Waals surface area contributed by atoms with Crippen molar-refractivity contribution in [2.45, 2.75) is 55.2 Å². The van der Waals surface area contributed by atoms with Crippen LogP contribution < -0.4 is 17.0 Å². The van der Waals surface area contributed by atoms with Crippen LogP contribution in [0.1, 0.15) is 6.23 Å². The summed E-state index contributed by atoms with van der Waals surface area (Å²) in [6.45, 7) is -1.06. The second kappa shape index (κ2) is 11.1. The van der Waals surface area contributed by atoms with Gasteiger partial charge in [0.15, 0.2) is 18.6 Å². The molecule has 2 saturated heterocycles. The third-order valence-corrected chi connectivity index (χ3v) is 7.76. The standard InChI is InChI=1S/C15H23N3O17P2/c16-12(25)11-8(22)7(21)10(24)14(33-11)34-37(29,30)35-36(27,28)31-3-4-6(20)9(23)13(32-4)18-2-1-5(19)17-15(18)26/h1-2,4,6-11,13-14,20-24H,3H2,(H2,16,25)(H,27,28)(H,29,30)(H,17,19,26)/t4?,6?,7-,8+,9?,10?,11?,13?,14+/m0/s1. The number of carbonyl (C=O) groups excluding carboxylic acids is 1. The van der Waals surface area contributed by atoms with E-state index < -0.39 is 94.7 Å². The minimum absolute atomic E-state index is 0.709. The predicted molar refractivity (Wildman–Crippen MR) is 111 cm³/mol. The van der Waals surface area contributed by atoms with Crippen LogP contribution in [0, 0.1) is 0 Å². The number of aliphatic hydroxyl groups excluding tert-OH is 5. The monoisotopic (exact) mass is 579 g/mol. The van der Waals surface area contributed by atoms with Crippen molar-refractivity contribution in [2.75, 3.05) is 6.61 Å². The molecule has 37 heavy (non-hydrogen) atoms. The zero-order valence-corrected chi connectivity index (χ0v) is 20.0. The normalized spacial score (nSPS) is 37.5. The molecule has 2 aliphatic heterocycles. The second-order valence-electron chi connectivity index (χ2n) is 7.78. The molecule has 0 aromatic carbocycles. The molecule has 3 rings (SSSR count). The van der Waals surface area contributed by atoms with Crippen molar-refractivity contribution < 1.29 is 72.1 Å². The highest BCUT2D eigenvalue weighted by Crippen LogP contribution is 2.61. The molecule has 10 N–H and O–H groups in total. The number of aliphatic hydroxyl groups is 5. The van der Waals surface area contributed by atoms with Gasteiger partial charge in [-0.05, 0) is 0 Å². The van der Waals surface area contributed by atoms with Crippen LogP contribution in [-0.4, -0.2) is 106 Å². The molecule has 2 aliphatic rings. The highest BCUT2D eigenvalue weighted by Gasteiger charge is 2.51. The van der Waals surface area contributed by atoms with Gasteiger partial charge in [-0.15, -0.1) is 0 Å². The molecule has 3 heterocycles. The van der Waals surface area contributed by atoms with Crippen LogP contribution in [-0.2, 0) is 36.8 Å². The average molecular weight is 579 g/mol. The van der Waals surface area contributed by atoms with Crippen molar-refractivity contribution in [3.8, 4) is 0 Å². The number of phosphoric acid groups is 2. The Labute approximate surface area is 204 Å². The summed E-state index contributed by atoms with van der Waals surface area (Å²) in [6.07, 6.45) is -16.6. The van der Waals surface area contributed by atoms with Gasteiger partial charge in [0.2, 0.25) is 5.91 Å². The van der Waals surface area contributed by atoms with Gasteiger partial charge in [0.05, 0.1) is 6.61 Å². The summed E-state index contributed by atoms with van der Waals surface area (Å²) >= 11 is 0. The smallest absolute Gasteiger partial charge is 0.387 e. The van der Waals surface area contributed by atoms with E-state index in [1.807, 2.05) is 4.98 Å². The van der Waals surface area contributed by atoms with Crippen LogP contribution in [0.3, 0.4) is 0 Å². The summed E-state index contributed by atoms with van der Waals surface area (Å²) in [5, 5.41) is 49.5. The highest BCUT2D eigenvalue weighted by molar-refractivity contribution is 7.61. The number of hydrogen-bond donors (Lipinski definition) is 9. The molecule has 2 fully saturated rings. The van der Waals surface area contributed by atoms with Crippen LogP contribution in [0.25, 0.3) is 0 Å². The van der Waals surface area contributed by atoms with Crippen LogP contribution in [0.4, 0.5) is 0 Å². The first-order valence-electron chi connectivity index (χ1n) is 10.0. The number of nitrogens with one attached hydrogen (secondary N) is 1. The van der Waals surface area contributed by atoms with E-state index in [2.05, 4.69) is 13.4 Å². The maximum atomic E-state index is 12.2. The number of aromatic nitrogens is 2. The molecule has 210 valence electrons. The number of H-pyrrole nitrogens is 1. The quantitative estimate of drug-likeness (QED) is 0.123. The lowest BCUT2D eigenvalue weighted by atomic mass is 9.99. The van der Waals surface area contributed by atoms with Gasteiger partial charge in [0.25, 0.3) is 5.56 Å². The summed E-state index contributed by atoms with van der Waals surface area (Å²) < 4.78 is 47.9. The van der Waals surface area contributed by atoms with Gasteiger partial charge < -0.3 is 50.5 Å². The molecule has 8 unspecified atom stereocenters. The Morgan fingerprint density at radius 2 is 1.65 bits per heavy atom. The van der Waals surface area contributed by atoms with Crippen molar-refractivity contribution in [2.24, 2.45) is 5.73 Å². The molecule has 0 saturated carbocycles. The van der Waals surface area contributed by atoms with Gasteiger partial charge in [-0.3, -0.25) is 28.2 Å². The van der Waals surface area contributed by atoms with Gasteiger partial charge in [-0.2, -0.15) is 4.31 Å². The largest absolute Gasteiger partial charge is 0.483 e. The van der Waals surface area contributed by atoms with E-state index in [4.69, 9.17) is 15.2 Å². The molecular formula is C15H23N3O17P2. The number of nitrogens with zero attached hydrogens (tertiary/aromatic N) is 1. The van der Waals surface area contributed by atoms with Crippen molar-refractivity contribution in [1.29, 1.82) is 0 Å². The molecule has 0 spiro atoms. The SMILES string of the molecule is NC(=O)C1O[C@H](OP(=O)(O)OP(=O)(O)OCC2OC(n3ccc(=O)[nH]c3=O)C(O)C2O)C(O)[C@@H](O)[C@H]1O. The molecule has 1 amide bonds. The zero-order chi connectivity index (χ0) is 27.9. The number of hydrogen-bond acceptors (Lipinski definition) is 15. The van der Waals surface area contributed by atoms with Crippen LogP contribution in [0.5, 0.6) is 0 Å². The molecule has 20 nitrogen and oxygen atoms in total. The van der Waals surface area contributed by atoms with Crippen molar-refractivity contribution in [3.05, 3.63) is 33.1 Å². The Hall–Kier alpha value is -1.87. The minimum atomic E-state index is -5.68. The van der Waals surface area contributed by atoms with E-state index in [1.165, 1.54) is 0 Å². The van der Waals surface area contributed by atoms with Gasteiger partial charge in [0, 0.05) is 12.3 Å². The van der Waals surface area contributed by atoms with Crippen molar-refractivity contribution >= 4 is 21.6 Å². The Bertz CT molecular complexity index is 1200. The summed E-state index contributed by atoms with van der Waals surface area (Å²) in [5.74, 6) is -1.35. The van der Waals surface area contributed by atoms with Crippen LogP contribution in [0.15, 0.2) is 21.9 Å². The fourth-order valence-corrected chi connectivity index (χ4v) is 5.52. The summed E-state index contributed by atoms with van der Waals surface area (Å²) in [4.78, 5) is 55.8. The minimum Gasteiger partial charge on any atom is -0.387 e. The van der Waals surface area contributed by atoms with Crippen molar-refractivity contribution in [3.63, 3.8) is 0 Å². The van der Waals surface area contributed by atoms with Crippen molar-refractivity contribution in [1.82, 2.24) is 9.55 Å². The third-order valence-electron chi connectivity index (χ3n) is 5.16. The van der Waals surface area contributed by atoms with E-state index in [-0.39, 0.29) is 0 Å². The average Bonchev–Trinajstić information content (AvgIpc) is 3.05. The van der Waals surface area contributed by atoms with E-state index in [0.29, 0.717) is 4.57 Å². The van der Waals surface area contributed by atoms with Gasteiger partial charge >= 0.3 is 21.3 Å². The predicted octanol–water partition coefficient (Wildman–Crippen LogP) is -5.30. The first-order chi connectivity index (χ1) is 17.0. The number of ether oxygens (including phenoxy) is 2. The molecule has 0 bridgehead atoms. The molecule has 0 radical (unpaired) electrons. The Morgan fingerprint density at radius 3 is 2.24 bits per heavy atom. The first-order valence-corrected chi connectivity index (χ1v) is 13.0. The number of aromatic amines is 1. The summed E-state index contributed by atoms with van der Waals surface area (Å²) in [6, 6.07) is 0.917. The summed E-state index contributed by atoms with van der Waals surface area (Å²) in [5.41, 5.74) is 3.18. The number of amides is 1. The van der Waals surface area contributed by atoms with Gasteiger partial charge in [-0.1, -0.05) is 0 Å². The number of primary amides is 1. The van der Waals surface area contributed by atoms with E-state index in [0.717, 1.165) is 12.3 Å². The lowest BCUT2D eigenvalue weighted by Crippen LogP contribution is -2.61. The Kier molecular flexibility index (Phi) is 8.89. The topological polar surface area (TPSA) is 320 Å². The fourth-order valence-electron chi connectivity index (χ4n) is 3.37. The number of carbonyl (C=O) groups is 1. The molecule has 0 aliphatic carbocycles. The lowest BCUT2D eigenvalue weighted by Gasteiger charge is -2.38. The number of nitrogens with two attached hydrogens (primary N) is 1. The highest BCUT2D eigenvalue weighted by atomic mass is 31.3. The van der Waals surface area contributed by atoms with Crippen LogP contribution in [0.2, 0.25) is 0 Å².